The number of nitrogens with zero attached hydrogens (tertiary/aromatic N) is 5. The maximum Gasteiger partial charge on any atom is 0.234 e. The number of halogens is 1. The lowest BCUT2D eigenvalue weighted by atomic mass is 10.2. The first-order valence-electron chi connectivity index (χ1n) is 10.5. The summed E-state index contributed by atoms with van der Waals surface area (Å²) in [6.07, 6.45) is 7.11. The second kappa shape index (κ2) is 9.72. The van der Waals surface area contributed by atoms with Crippen LogP contribution in [0.2, 0.25) is 0 Å². The van der Waals surface area contributed by atoms with Crippen LogP contribution in [0.3, 0.4) is 0 Å². The molecule has 0 bridgehead atoms. The fourth-order valence-electron chi connectivity index (χ4n) is 3.45. The first-order chi connectivity index (χ1) is 16.7. The first-order valence-corrected chi connectivity index (χ1v) is 11.4. The molecule has 0 saturated carbocycles. The molecule has 5 aromatic rings. The topological polar surface area (TPSA) is 77.6 Å². The number of hydrogen-bond donors (Lipinski definition) is 1. The van der Waals surface area contributed by atoms with Crippen LogP contribution in [-0.4, -0.2) is 36.0 Å². The molecule has 0 atom stereocenters. The number of aromatic nitrogens is 5. The molecule has 7 nitrogen and oxygen atoms in total. The Morgan fingerprint density at radius 2 is 1.76 bits per heavy atom. The van der Waals surface area contributed by atoms with Gasteiger partial charge in [-0.3, -0.25) is 14.3 Å². The average molecular weight is 471 g/mol. The second-order valence-corrected chi connectivity index (χ2v) is 8.25. The third kappa shape index (κ3) is 4.60. The predicted molar refractivity (Wildman–Crippen MR) is 130 cm³/mol. The highest BCUT2D eigenvalue weighted by molar-refractivity contribution is 7.99. The van der Waals surface area contributed by atoms with E-state index < -0.39 is 5.82 Å². The molecule has 3 heterocycles. The molecule has 0 aliphatic carbocycles. The Morgan fingerprint density at radius 3 is 2.53 bits per heavy atom. The van der Waals surface area contributed by atoms with E-state index in [1.807, 2.05) is 76.1 Å². The maximum absolute atomic E-state index is 14.3. The molecular weight excluding hydrogens is 451 g/mol. The molecule has 1 amide bonds. The summed E-state index contributed by atoms with van der Waals surface area (Å²) < 4.78 is 18.1. The number of amides is 1. The lowest BCUT2D eigenvalue weighted by Crippen LogP contribution is -2.16. The van der Waals surface area contributed by atoms with Gasteiger partial charge in [-0.25, -0.2) is 4.39 Å². The number of pyridine rings is 1. The minimum Gasteiger partial charge on any atom is -0.324 e. The minimum absolute atomic E-state index is 0.0329. The molecule has 34 heavy (non-hydrogen) atoms. The van der Waals surface area contributed by atoms with Gasteiger partial charge in [-0.15, -0.1) is 10.2 Å². The molecule has 0 aliphatic rings. The van der Waals surface area contributed by atoms with Crippen LogP contribution in [0.25, 0.3) is 22.8 Å². The molecule has 0 radical (unpaired) electrons. The lowest BCUT2D eigenvalue weighted by Gasteiger charge is -2.11. The van der Waals surface area contributed by atoms with Gasteiger partial charge in [0.2, 0.25) is 5.91 Å². The number of rotatable bonds is 7. The maximum atomic E-state index is 14.3. The number of para-hydroxylation sites is 1. The number of carbonyl (C=O) groups excluding carboxylic acids is 1. The quantitative estimate of drug-likeness (QED) is 0.339. The van der Waals surface area contributed by atoms with E-state index in [1.165, 1.54) is 17.8 Å². The number of thioether (sulfide) groups is 1. The van der Waals surface area contributed by atoms with E-state index in [4.69, 9.17) is 0 Å². The summed E-state index contributed by atoms with van der Waals surface area (Å²) in [5, 5.41) is 11.8. The molecule has 168 valence electrons. The van der Waals surface area contributed by atoms with Crippen molar-refractivity contribution in [2.45, 2.75) is 5.16 Å². The zero-order valence-corrected chi connectivity index (χ0v) is 18.7. The Morgan fingerprint density at radius 1 is 0.941 bits per heavy atom. The smallest absolute Gasteiger partial charge is 0.234 e. The molecule has 3 aromatic heterocycles. The van der Waals surface area contributed by atoms with Crippen molar-refractivity contribution in [3.8, 4) is 22.8 Å². The van der Waals surface area contributed by atoms with Crippen molar-refractivity contribution < 1.29 is 9.18 Å². The Bertz CT molecular complexity index is 1400. The monoisotopic (exact) mass is 470 g/mol. The minimum atomic E-state index is -0.499. The first kappa shape index (κ1) is 21.6. The van der Waals surface area contributed by atoms with E-state index in [0.29, 0.717) is 11.0 Å². The van der Waals surface area contributed by atoms with Crippen molar-refractivity contribution >= 4 is 23.4 Å². The van der Waals surface area contributed by atoms with Crippen molar-refractivity contribution in [3.63, 3.8) is 0 Å². The van der Waals surface area contributed by atoms with Crippen LogP contribution >= 0.6 is 11.8 Å². The molecule has 0 spiro atoms. The summed E-state index contributed by atoms with van der Waals surface area (Å²) in [6.45, 7) is 0. The summed E-state index contributed by atoms with van der Waals surface area (Å²) >= 11 is 1.22. The average Bonchev–Trinajstić information content (AvgIpc) is 3.56. The fourth-order valence-corrected chi connectivity index (χ4v) is 4.20. The summed E-state index contributed by atoms with van der Waals surface area (Å²) in [5.41, 5.74) is 2.54. The van der Waals surface area contributed by atoms with Crippen LogP contribution in [0.15, 0.2) is 103 Å². The van der Waals surface area contributed by atoms with E-state index in [2.05, 4.69) is 20.5 Å². The summed E-state index contributed by atoms with van der Waals surface area (Å²) in [5.74, 6) is -0.196. The number of nitrogens with one attached hydrogen (secondary N) is 1. The van der Waals surface area contributed by atoms with Crippen LogP contribution in [0.1, 0.15) is 0 Å². The van der Waals surface area contributed by atoms with Crippen LogP contribution in [0.5, 0.6) is 0 Å². The molecule has 0 fully saturated rings. The number of anilines is 1. The molecule has 0 saturated heterocycles. The molecule has 1 N–H and O–H groups in total. The number of benzene rings is 2. The van der Waals surface area contributed by atoms with Crippen molar-refractivity contribution in [3.05, 3.63) is 103 Å². The van der Waals surface area contributed by atoms with Gasteiger partial charge in [-0.05, 0) is 54.6 Å². The molecule has 0 aliphatic heterocycles. The number of hydrogen-bond acceptors (Lipinski definition) is 5. The Labute approximate surface area is 199 Å². The highest BCUT2D eigenvalue weighted by atomic mass is 32.2. The SMILES string of the molecule is O=C(CSc1nnc(-c2cccnc2)n1-c1ccccc1)Nc1cc(-n2cccc2)ccc1F. The van der Waals surface area contributed by atoms with Crippen LogP contribution in [0, 0.1) is 5.82 Å². The van der Waals surface area contributed by atoms with Crippen molar-refractivity contribution in [1.82, 2.24) is 24.3 Å². The second-order valence-electron chi connectivity index (χ2n) is 7.31. The Hall–Kier alpha value is -4.24. The predicted octanol–water partition coefficient (Wildman–Crippen LogP) is 4.99. The summed E-state index contributed by atoms with van der Waals surface area (Å²) in [7, 11) is 0. The van der Waals surface area contributed by atoms with Gasteiger partial charge in [0.25, 0.3) is 0 Å². The van der Waals surface area contributed by atoms with Gasteiger partial charge in [-0.2, -0.15) is 0 Å². The van der Waals surface area contributed by atoms with E-state index in [-0.39, 0.29) is 17.3 Å². The fraction of sp³-hybridized carbons (Fsp3) is 0.0400. The van der Waals surface area contributed by atoms with Crippen molar-refractivity contribution in [2.24, 2.45) is 0 Å². The largest absolute Gasteiger partial charge is 0.324 e. The standard InChI is InChI=1S/C25H19FN6OS/c26-21-11-10-20(31-13-4-5-14-31)15-22(21)28-23(33)17-34-25-30-29-24(18-7-6-12-27-16-18)32(25)19-8-2-1-3-9-19/h1-16H,17H2,(H,28,33). The molecule has 9 heteroatoms. The molecular formula is C25H19FN6OS. The zero-order valence-electron chi connectivity index (χ0n) is 17.9. The van der Waals surface area contributed by atoms with Crippen molar-refractivity contribution in [1.29, 1.82) is 0 Å². The van der Waals surface area contributed by atoms with Gasteiger partial charge in [0.15, 0.2) is 11.0 Å². The van der Waals surface area contributed by atoms with E-state index in [0.717, 1.165) is 16.9 Å². The van der Waals surface area contributed by atoms with E-state index in [9.17, 15) is 9.18 Å². The third-order valence-corrected chi connectivity index (χ3v) is 5.96. The van der Waals surface area contributed by atoms with Gasteiger partial charge in [0.1, 0.15) is 5.82 Å². The van der Waals surface area contributed by atoms with E-state index in [1.54, 1.807) is 24.5 Å². The number of carbonyl (C=O) groups is 1. The van der Waals surface area contributed by atoms with Gasteiger partial charge in [-0.1, -0.05) is 30.0 Å². The molecule has 2 aromatic carbocycles. The lowest BCUT2D eigenvalue weighted by molar-refractivity contribution is -0.113. The van der Waals surface area contributed by atoms with Gasteiger partial charge < -0.3 is 9.88 Å². The summed E-state index contributed by atoms with van der Waals surface area (Å²) in [6, 6.07) is 21.7. The normalized spacial score (nSPS) is 10.9. The van der Waals surface area contributed by atoms with Crippen molar-refractivity contribution in [2.75, 3.05) is 11.1 Å². The highest BCUT2D eigenvalue weighted by Gasteiger charge is 2.18. The van der Waals surface area contributed by atoms with Crippen LogP contribution in [-0.2, 0) is 4.79 Å². The molecule has 5 rings (SSSR count). The van der Waals surface area contributed by atoms with Crippen LogP contribution in [0.4, 0.5) is 10.1 Å². The Kier molecular flexibility index (Phi) is 6.17. The summed E-state index contributed by atoms with van der Waals surface area (Å²) in [4.78, 5) is 16.9. The van der Waals surface area contributed by atoms with Gasteiger partial charge >= 0.3 is 0 Å². The Balaban J connectivity index is 1.36. The van der Waals surface area contributed by atoms with Gasteiger partial charge in [0.05, 0.1) is 11.4 Å². The van der Waals surface area contributed by atoms with Gasteiger partial charge in [0, 0.05) is 41.7 Å². The highest BCUT2D eigenvalue weighted by Crippen LogP contribution is 2.28. The van der Waals surface area contributed by atoms with Crippen LogP contribution < -0.4 is 5.32 Å². The molecule has 0 unspecified atom stereocenters. The third-order valence-electron chi connectivity index (χ3n) is 5.03. The zero-order chi connectivity index (χ0) is 23.3. The van der Waals surface area contributed by atoms with E-state index >= 15 is 0 Å².